The highest BCUT2D eigenvalue weighted by atomic mass is 16.7. The van der Waals surface area contributed by atoms with Crippen molar-refractivity contribution >= 4 is 0 Å². The van der Waals surface area contributed by atoms with Crippen LogP contribution >= 0.6 is 0 Å². The van der Waals surface area contributed by atoms with E-state index in [-0.39, 0.29) is 6.29 Å². The second kappa shape index (κ2) is 5.19. The molecule has 64 valence electrons. The molecule has 0 saturated carbocycles. The highest BCUT2D eigenvalue weighted by Gasteiger charge is 2.12. The van der Waals surface area contributed by atoms with Crippen molar-refractivity contribution in [2.75, 3.05) is 6.61 Å². The van der Waals surface area contributed by atoms with E-state index in [0.29, 0.717) is 0 Å². The Labute approximate surface area is 68.2 Å². The molecule has 0 aromatic rings. The molecule has 1 unspecified atom stereocenters. The maximum absolute atomic E-state index is 5.35. The third-order valence-corrected chi connectivity index (χ3v) is 1.70. The Morgan fingerprint density at radius 3 is 3.09 bits per heavy atom. The monoisotopic (exact) mass is 156 g/mol. The van der Waals surface area contributed by atoms with Crippen molar-refractivity contribution in [1.82, 2.24) is 0 Å². The van der Waals surface area contributed by atoms with Gasteiger partial charge >= 0.3 is 0 Å². The third kappa shape index (κ3) is 3.42. The van der Waals surface area contributed by atoms with Crippen molar-refractivity contribution in [3.8, 4) is 0 Å². The quantitative estimate of drug-likeness (QED) is 0.584. The van der Waals surface area contributed by atoms with E-state index in [2.05, 4.69) is 6.92 Å². The van der Waals surface area contributed by atoms with Crippen LogP contribution in [0, 0.1) is 0 Å². The number of hydrogen-bond donors (Lipinski definition) is 0. The second-order valence-corrected chi connectivity index (χ2v) is 2.71. The lowest BCUT2D eigenvalue weighted by Crippen LogP contribution is -2.19. The van der Waals surface area contributed by atoms with E-state index in [1.807, 2.05) is 6.08 Å². The smallest absolute Gasteiger partial charge is 0.198 e. The number of ether oxygens (including phenoxy) is 2. The Bertz CT molecular complexity index is 115. The summed E-state index contributed by atoms with van der Waals surface area (Å²) in [6.07, 6.45) is 8.23. The standard InChI is InChI=1S/C9H16O2/c1-2-3-7-10-9-6-4-5-8-11-9/h3,7,9H,2,4-6,8H2,1H3. The molecule has 11 heavy (non-hydrogen) atoms. The van der Waals surface area contributed by atoms with Crippen molar-refractivity contribution < 1.29 is 9.47 Å². The Balaban J connectivity index is 2.09. The van der Waals surface area contributed by atoms with Gasteiger partial charge in [0.15, 0.2) is 6.29 Å². The van der Waals surface area contributed by atoms with Crippen LogP contribution in [-0.4, -0.2) is 12.9 Å². The predicted octanol–water partition coefficient (Wildman–Crippen LogP) is 2.45. The van der Waals surface area contributed by atoms with Crippen LogP contribution in [0.2, 0.25) is 0 Å². The summed E-state index contributed by atoms with van der Waals surface area (Å²) in [7, 11) is 0. The summed E-state index contributed by atoms with van der Waals surface area (Å²) in [5, 5.41) is 0. The summed E-state index contributed by atoms with van der Waals surface area (Å²) < 4.78 is 10.7. The van der Waals surface area contributed by atoms with Gasteiger partial charge in [-0.25, -0.2) is 0 Å². The van der Waals surface area contributed by atoms with Crippen LogP contribution in [0.15, 0.2) is 12.3 Å². The number of rotatable bonds is 3. The van der Waals surface area contributed by atoms with Gasteiger partial charge in [-0.1, -0.05) is 6.92 Å². The van der Waals surface area contributed by atoms with Crippen LogP contribution < -0.4 is 0 Å². The average Bonchev–Trinajstić information content (AvgIpc) is 2.07. The molecule has 0 spiro atoms. The molecule has 1 aliphatic rings. The van der Waals surface area contributed by atoms with Crippen LogP contribution in [0.5, 0.6) is 0 Å². The highest BCUT2D eigenvalue weighted by Crippen LogP contribution is 2.13. The topological polar surface area (TPSA) is 18.5 Å². The molecule has 0 aromatic carbocycles. The van der Waals surface area contributed by atoms with Crippen molar-refractivity contribution in [3.05, 3.63) is 12.3 Å². The largest absolute Gasteiger partial charge is 0.473 e. The zero-order valence-corrected chi connectivity index (χ0v) is 7.08. The molecule has 1 atom stereocenters. The van der Waals surface area contributed by atoms with Crippen molar-refractivity contribution in [1.29, 1.82) is 0 Å². The van der Waals surface area contributed by atoms with E-state index in [9.17, 15) is 0 Å². The first-order valence-electron chi connectivity index (χ1n) is 4.35. The Hall–Kier alpha value is -0.500. The van der Waals surface area contributed by atoms with Gasteiger partial charge in [-0.15, -0.1) is 0 Å². The third-order valence-electron chi connectivity index (χ3n) is 1.70. The van der Waals surface area contributed by atoms with Gasteiger partial charge in [-0.2, -0.15) is 0 Å². The van der Waals surface area contributed by atoms with Crippen molar-refractivity contribution in [2.24, 2.45) is 0 Å². The van der Waals surface area contributed by atoms with Crippen LogP contribution in [0.4, 0.5) is 0 Å². The van der Waals surface area contributed by atoms with Gasteiger partial charge in [0.1, 0.15) is 0 Å². The molecular formula is C9H16O2. The molecule has 0 N–H and O–H groups in total. The SMILES string of the molecule is CCC=COC1CCCCO1. The lowest BCUT2D eigenvalue weighted by Gasteiger charge is -2.21. The van der Waals surface area contributed by atoms with Gasteiger partial charge in [0.05, 0.1) is 12.9 Å². The second-order valence-electron chi connectivity index (χ2n) is 2.71. The van der Waals surface area contributed by atoms with E-state index >= 15 is 0 Å². The Kier molecular flexibility index (Phi) is 4.06. The zero-order chi connectivity index (χ0) is 7.94. The normalized spacial score (nSPS) is 25.7. The Morgan fingerprint density at radius 2 is 2.45 bits per heavy atom. The Morgan fingerprint density at radius 1 is 1.55 bits per heavy atom. The van der Waals surface area contributed by atoms with Crippen LogP contribution in [0.25, 0.3) is 0 Å². The fraction of sp³-hybridized carbons (Fsp3) is 0.778. The zero-order valence-electron chi connectivity index (χ0n) is 7.08. The predicted molar refractivity (Wildman–Crippen MR) is 44.1 cm³/mol. The van der Waals surface area contributed by atoms with Crippen LogP contribution in [0.3, 0.4) is 0 Å². The summed E-state index contributed by atoms with van der Waals surface area (Å²) in [6.45, 7) is 2.94. The molecule has 0 radical (unpaired) electrons. The maximum Gasteiger partial charge on any atom is 0.198 e. The van der Waals surface area contributed by atoms with E-state index in [4.69, 9.17) is 9.47 Å². The summed E-state index contributed by atoms with van der Waals surface area (Å²) in [6, 6.07) is 0. The van der Waals surface area contributed by atoms with Gasteiger partial charge in [0.25, 0.3) is 0 Å². The molecule has 0 aliphatic carbocycles. The average molecular weight is 156 g/mol. The van der Waals surface area contributed by atoms with Gasteiger partial charge in [0.2, 0.25) is 0 Å². The summed E-state index contributed by atoms with van der Waals surface area (Å²) >= 11 is 0. The van der Waals surface area contributed by atoms with Crippen molar-refractivity contribution in [2.45, 2.75) is 38.9 Å². The van der Waals surface area contributed by atoms with Crippen LogP contribution in [-0.2, 0) is 9.47 Å². The van der Waals surface area contributed by atoms with Gasteiger partial charge in [0, 0.05) is 6.42 Å². The summed E-state index contributed by atoms with van der Waals surface area (Å²) in [5.41, 5.74) is 0. The lowest BCUT2D eigenvalue weighted by atomic mass is 10.2. The molecule has 2 heteroatoms. The molecule has 1 saturated heterocycles. The minimum Gasteiger partial charge on any atom is -0.473 e. The van der Waals surface area contributed by atoms with Gasteiger partial charge < -0.3 is 9.47 Å². The fourth-order valence-corrected chi connectivity index (χ4v) is 1.06. The van der Waals surface area contributed by atoms with Crippen LogP contribution in [0.1, 0.15) is 32.6 Å². The van der Waals surface area contributed by atoms with Crippen molar-refractivity contribution in [3.63, 3.8) is 0 Å². The first-order chi connectivity index (χ1) is 5.43. The van der Waals surface area contributed by atoms with Gasteiger partial charge in [-0.05, 0) is 25.3 Å². The molecule has 2 nitrogen and oxygen atoms in total. The highest BCUT2D eigenvalue weighted by molar-refractivity contribution is 4.71. The molecule has 1 fully saturated rings. The van der Waals surface area contributed by atoms with E-state index in [1.54, 1.807) is 6.26 Å². The maximum atomic E-state index is 5.35. The van der Waals surface area contributed by atoms with E-state index in [1.165, 1.54) is 12.8 Å². The summed E-state index contributed by atoms with van der Waals surface area (Å²) in [5.74, 6) is 0. The van der Waals surface area contributed by atoms with E-state index < -0.39 is 0 Å². The number of allylic oxidation sites excluding steroid dienone is 1. The van der Waals surface area contributed by atoms with Gasteiger partial charge in [-0.3, -0.25) is 0 Å². The molecule has 0 amide bonds. The fourth-order valence-electron chi connectivity index (χ4n) is 1.06. The lowest BCUT2D eigenvalue weighted by molar-refractivity contribution is -0.129. The van der Waals surface area contributed by atoms with E-state index in [0.717, 1.165) is 19.4 Å². The first-order valence-corrected chi connectivity index (χ1v) is 4.35. The first kappa shape index (κ1) is 8.60. The number of hydrogen-bond acceptors (Lipinski definition) is 2. The minimum atomic E-state index is 0.0200. The molecule has 0 aromatic heterocycles. The minimum absolute atomic E-state index is 0.0200. The molecule has 0 bridgehead atoms. The summed E-state index contributed by atoms with van der Waals surface area (Å²) in [4.78, 5) is 0. The molecule has 1 aliphatic heterocycles. The molecular weight excluding hydrogens is 140 g/mol. The molecule has 1 rings (SSSR count). The molecule has 1 heterocycles.